The van der Waals surface area contributed by atoms with Crippen molar-refractivity contribution in [1.82, 2.24) is 10.2 Å². The molecule has 0 bridgehead atoms. The van der Waals surface area contributed by atoms with Crippen LogP contribution < -0.4 is 5.32 Å². The molecule has 1 amide bonds. The number of amides is 1. The highest BCUT2D eigenvalue weighted by Crippen LogP contribution is 2.22. The summed E-state index contributed by atoms with van der Waals surface area (Å²) in [7, 11) is 0. The molecule has 1 atom stereocenters. The van der Waals surface area contributed by atoms with Crippen LogP contribution in [0.25, 0.3) is 0 Å². The second kappa shape index (κ2) is 8.33. The summed E-state index contributed by atoms with van der Waals surface area (Å²) in [5.74, 6) is 0.219. The first-order valence-corrected chi connectivity index (χ1v) is 7.65. The minimum atomic E-state index is 0.219. The number of rotatable bonds is 7. The maximum absolute atomic E-state index is 11.9. The molecule has 0 spiro atoms. The third kappa shape index (κ3) is 4.96. The molecule has 0 saturated carbocycles. The van der Waals surface area contributed by atoms with Crippen LogP contribution in [0, 0.1) is 0 Å². The number of carbonyl (C=O) groups excluding carboxylic acids is 1. The Balaban J connectivity index is 2.41. The van der Waals surface area contributed by atoms with Gasteiger partial charge in [-0.1, -0.05) is 34.1 Å². The third-order valence-corrected chi connectivity index (χ3v) is 4.00. The van der Waals surface area contributed by atoms with E-state index >= 15 is 0 Å². The zero-order valence-electron chi connectivity index (χ0n) is 11.9. The fraction of sp³-hybridized carbons (Fsp3) is 0.533. The highest BCUT2D eigenvalue weighted by Gasteiger charge is 2.11. The molecule has 0 aliphatic carbocycles. The van der Waals surface area contributed by atoms with E-state index < -0.39 is 0 Å². The Hall–Kier alpha value is -0.870. The van der Waals surface area contributed by atoms with Crippen molar-refractivity contribution in [3.8, 4) is 0 Å². The van der Waals surface area contributed by atoms with E-state index in [2.05, 4.69) is 34.2 Å². The van der Waals surface area contributed by atoms with Crippen LogP contribution in [0.4, 0.5) is 0 Å². The molecule has 0 radical (unpaired) electrons. The Kier molecular flexibility index (Phi) is 7.10. The van der Waals surface area contributed by atoms with Crippen LogP contribution in [-0.4, -0.2) is 30.4 Å². The molecule has 0 fully saturated rings. The van der Waals surface area contributed by atoms with E-state index in [0.717, 1.165) is 17.6 Å². The van der Waals surface area contributed by atoms with Crippen LogP contribution in [0.3, 0.4) is 0 Å². The van der Waals surface area contributed by atoms with Gasteiger partial charge in [0.15, 0.2) is 0 Å². The third-order valence-electron chi connectivity index (χ3n) is 3.28. The molecule has 0 aliphatic heterocycles. The molecule has 19 heavy (non-hydrogen) atoms. The van der Waals surface area contributed by atoms with Gasteiger partial charge in [-0.2, -0.15) is 0 Å². The van der Waals surface area contributed by atoms with Crippen molar-refractivity contribution in [2.45, 2.75) is 33.2 Å². The number of nitrogens with one attached hydrogen (secondary N) is 1. The van der Waals surface area contributed by atoms with Gasteiger partial charge in [0, 0.05) is 36.6 Å². The monoisotopic (exact) mass is 326 g/mol. The smallest absolute Gasteiger partial charge is 0.223 e. The number of carbonyl (C=O) groups is 1. The number of hydrogen-bond acceptors (Lipinski definition) is 2. The standard InChI is InChI=1S/C15H23BrN2O/c1-4-18(5-2)15(19)10-11-17-12(3)13-8-6-7-9-14(13)16/h6-9,12,17H,4-5,10-11H2,1-3H3. The van der Waals surface area contributed by atoms with Crippen molar-refractivity contribution in [1.29, 1.82) is 0 Å². The van der Waals surface area contributed by atoms with Gasteiger partial charge in [-0.05, 0) is 32.4 Å². The Labute approximate surface area is 124 Å². The van der Waals surface area contributed by atoms with E-state index in [1.54, 1.807) is 0 Å². The average Bonchev–Trinajstić information content (AvgIpc) is 2.40. The highest BCUT2D eigenvalue weighted by atomic mass is 79.9. The molecule has 1 N–H and O–H groups in total. The Morgan fingerprint density at radius 3 is 2.53 bits per heavy atom. The van der Waals surface area contributed by atoms with E-state index in [1.165, 1.54) is 5.56 Å². The second-order valence-corrected chi connectivity index (χ2v) is 5.37. The van der Waals surface area contributed by atoms with E-state index in [0.29, 0.717) is 13.0 Å². The Morgan fingerprint density at radius 2 is 1.95 bits per heavy atom. The summed E-state index contributed by atoms with van der Waals surface area (Å²) < 4.78 is 1.10. The molecule has 1 unspecified atom stereocenters. The van der Waals surface area contributed by atoms with Gasteiger partial charge in [0.1, 0.15) is 0 Å². The molecule has 4 heteroatoms. The first-order chi connectivity index (χ1) is 9.10. The topological polar surface area (TPSA) is 32.3 Å². The van der Waals surface area contributed by atoms with Crippen molar-refractivity contribution in [3.05, 3.63) is 34.3 Å². The Morgan fingerprint density at radius 1 is 1.32 bits per heavy atom. The lowest BCUT2D eigenvalue weighted by Crippen LogP contribution is -2.33. The highest BCUT2D eigenvalue weighted by molar-refractivity contribution is 9.10. The van der Waals surface area contributed by atoms with Crippen LogP contribution in [0.2, 0.25) is 0 Å². The van der Waals surface area contributed by atoms with Crippen LogP contribution >= 0.6 is 15.9 Å². The number of benzene rings is 1. The molecular weight excluding hydrogens is 304 g/mol. The largest absolute Gasteiger partial charge is 0.343 e. The molecule has 0 aromatic heterocycles. The van der Waals surface area contributed by atoms with Crippen molar-refractivity contribution in [2.24, 2.45) is 0 Å². The molecule has 0 saturated heterocycles. The fourth-order valence-electron chi connectivity index (χ4n) is 2.07. The van der Waals surface area contributed by atoms with Gasteiger partial charge in [0.05, 0.1) is 0 Å². The summed E-state index contributed by atoms with van der Waals surface area (Å²) in [6, 6.07) is 8.39. The molecule has 1 rings (SSSR count). The summed E-state index contributed by atoms with van der Waals surface area (Å²) in [5.41, 5.74) is 1.22. The Bertz CT molecular complexity index is 405. The fourth-order valence-corrected chi connectivity index (χ4v) is 2.69. The minimum absolute atomic E-state index is 0.219. The lowest BCUT2D eigenvalue weighted by molar-refractivity contribution is -0.130. The van der Waals surface area contributed by atoms with Gasteiger partial charge in [-0.3, -0.25) is 4.79 Å². The van der Waals surface area contributed by atoms with E-state index in [-0.39, 0.29) is 11.9 Å². The second-order valence-electron chi connectivity index (χ2n) is 4.51. The zero-order valence-corrected chi connectivity index (χ0v) is 13.5. The molecule has 1 aromatic rings. The van der Waals surface area contributed by atoms with Gasteiger partial charge < -0.3 is 10.2 Å². The molecule has 0 aliphatic rings. The van der Waals surface area contributed by atoms with Crippen molar-refractivity contribution >= 4 is 21.8 Å². The van der Waals surface area contributed by atoms with Gasteiger partial charge in [0.2, 0.25) is 5.91 Å². The summed E-state index contributed by atoms with van der Waals surface area (Å²) in [6.45, 7) is 8.42. The van der Waals surface area contributed by atoms with Crippen LogP contribution in [0.15, 0.2) is 28.7 Å². The number of nitrogens with zero attached hydrogens (tertiary/aromatic N) is 1. The maximum Gasteiger partial charge on any atom is 0.223 e. The zero-order chi connectivity index (χ0) is 14.3. The van der Waals surface area contributed by atoms with Crippen LogP contribution in [-0.2, 0) is 4.79 Å². The van der Waals surface area contributed by atoms with Crippen LogP contribution in [0.5, 0.6) is 0 Å². The first kappa shape index (κ1) is 16.2. The number of hydrogen-bond donors (Lipinski definition) is 1. The summed E-state index contributed by atoms with van der Waals surface area (Å²) in [4.78, 5) is 13.7. The van der Waals surface area contributed by atoms with Crippen LogP contribution in [0.1, 0.15) is 38.8 Å². The average molecular weight is 327 g/mol. The minimum Gasteiger partial charge on any atom is -0.343 e. The lowest BCUT2D eigenvalue weighted by Gasteiger charge is -2.20. The molecule has 3 nitrogen and oxygen atoms in total. The lowest BCUT2D eigenvalue weighted by atomic mass is 10.1. The van der Waals surface area contributed by atoms with Gasteiger partial charge >= 0.3 is 0 Å². The van der Waals surface area contributed by atoms with Crippen molar-refractivity contribution in [3.63, 3.8) is 0 Å². The maximum atomic E-state index is 11.9. The molecular formula is C15H23BrN2O. The van der Waals surface area contributed by atoms with E-state index in [1.807, 2.05) is 36.9 Å². The summed E-state index contributed by atoms with van der Waals surface area (Å²) in [6.07, 6.45) is 0.552. The molecule has 106 valence electrons. The molecule has 0 heterocycles. The quantitative estimate of drug-likeness (QED) is 0.833. The van der Waals surface area contributed by atoms with E-state index in [9.17, 15) is 4.79 Å². The molecule has 1 aromatic carbocycles. The van der Waals surface area contributed by atoms with Gasteiger partial charge in [0.25, 0.3) is 0 Å². The van der Waals surface area contributed by atoms with Crippen molar-refractivity contribution in [2.75, 3.05) is 19.6 Å². The first-order valence-electron chi connectivity index (χ1n) is 6.85. The summed E-state index contributed by atoms with van der Waals surface area (Å²) in [5, 5.41) is 3.40. The predicted molar refractivity (Wildman–Crippen MR) is 83.1 cm³/mol. The normalized spacial score (nSPS) is 12.2. The predicted octanol–water partition coefficient (Wildman–Crippen LogP) is 3.36. The number of halogens is 1. The van der Waals surface area contributed by atoms with E-state index in [4.69, 9.17) is 0 Å². The SMILES string of the molecule is CCN(CC)C(=O)CCNC(C)c1ccccc1Br. The van der Waals surface area contributed by atoms with Gasteiger partial charge in [-0.25, -0.2) is 0 Å². The summed E-state index contributed by atoms with van der Waals surface area (Å²) >= 11 is 3.55. The van der Waals surface area contributed by atoms with Gasteiger partial charge in [-0.15, -0.1) is 0 Å². The van der Waals surface area contributed by atoms with Crippen molar-refractivity contribution < 1.29 is 4.79 Å².